The molecular weight excluding hydrogens is 343 g/mol. The standard InChI is InChI=1S/C20H21FN6/c1-12(23)9-24-11-19-26-18-10-25-17-5-2-13(8-22)6-16(17)20(18)27(19)15-4-3-14(21)7-15/h2,5-6,9-10,14-15,24H,3-4,7,11,23H2,1H3/b12-9-. The summed E-state index contributed by atoms with van der Waals surface area (Å²) in [5.41, 5.74) is 9.42. The van der Waals surface area contributed by atoms with Crippen LogP contribution in [-0.4, -0.2) is 20.7 Å². The van der Waals surface area contributed by atoms with Gasteiger partial charge in [-0.05, 0) is 44.4 Å². The summed E-state index contributed by atoms with van der Waals surface area (Å²) in [5, 5.41) is 13.3. The molecule has 7 heteroatoms. The highest BCUT2D eigenvalue weighted by Crippen LogP contribution is 2.37. The molecule has 0 radical (unpaired) electrons. The van der Waals surface area contributed by atoms with E-state index in [0.29, 0.717) is 30.6 Å². The van der Waals surface area contributed by atoms with Crippen LogP contribution in [0.15, 0.2) is 36.3 Å². The summed E-state index contributed by atoms with van der Waals surface area (Å²) >= 11 is 0. The molecule has 1 fully saturated rings. The quantitative estimate of drug-likeness (QED) is 0.740. The summed E-state index contributed by atoms with van der Waals surface area (Å²) in [6, 6.07) is 7.66. The van der Waals surface area contributed by atoms with E-state index in [1.165, 1.54) is 0 Å². The lowest BCUT2D eigenvalue weighted by molar-refractivity contribution is 0.330. The number of aromatic nitrogens is 3. The second-order valence-electron chi connectivity index (χ2n) is 7.07. The van der Waals surface area contributed by atoms with Crippen LogP contribution < -0.4 is 11.1 Å². The number of hydrogen-bond donors (Lipinski definition) is 2. The van der Waals surface area contributed by atoms with E-state index in [9.17, 15) is 9.65 Å². The van der Waals surface area contributed by atoms with Gasteiger partial charge < -0.3 is 15.6 Å². The highest BCUT2D eigenvalue weighted by molar-refractivity contribution is 6.02. The summed E-state index contributed by atoms with van der Waals surface area (Å²) in [4.78, 5) is 9.22. The first-order chi connectivity index (χ1) is 13.1. The second-order valence-corrected chi connectivity index (χ2v) is 7.07. The zero-order valence-electron chi connectivity index (χ0n) is 15.1. The van der Waals surface area contributed by atoms with Gasteiger partial charge in [0, 0.05) is 23.3 Å². The molecule has 2 atom stereocenters. The molecule has 2 aromatic heterocycles. The number of imidazole rings is 1. The molecule has 3 N–H and O–H groups in total. The smallest absolute Gasteiger partial charge is 0.129 e. The fraction of sp³-hybridized carbons (Fsp3) is 0.350. The molecule has 1 aliphatic carbocycles. The number of fused-ring (bicyclic) bond motifs is 3. The van der Waals surface area contributed by atoms with Crippen LogP contribution in [0.2, 0.25) is 0 Å². The van der Waals surface area contributed by atoms with Crippen LogP contribution >= 0.6 is 0 Å². The number of nitrogens with zero attached hydrogens (tertiary/aromatic N) is 4. The van der Waals surface area contributed by atoms with E-state index >= 15 is 0 Å². The minimum atomic E-state index is -0.790. The molecule has 0 aliphatic heterocycles. The molecule has 6 nitrogen and oxygen atoms in total. The molecule has 138 valence electrons. The van der Waals surface area contributed by atoms with E-state index in [0.717, 1.165) is 34.2 Å². The Morgan fingerprint density at radius 2 is 2.30 bits per heavy atom. The normalized spacial score (nSPS) is 20.3. The number of rotatable bonds is 4. The van der Waals surface area contributed by atoms with Crippen molar-refractivity contribution in [2.24, 2.45) is 5.73 Å². The third-order valence-electron chi connectivity index (χ3n) is 5.01. The minimum Gasteiger partial charge on any atom is -0.401 e. The van der Waals surface area contributed by atoms with E-state index < -0.39 is 6.17 Å². The fourth-order valence-electron chi connectivity index (χ4n) is 3.85. The lowest BCUT2D eigenvalue weighted by Gasteiger charge is -2.17. The van der Waals surface area contributed by atoms with Crippen molar-refractivity contribution >= 4 is 21.9 Å². The predicted octanol–water partition coefficient (Wildman–Crippen LogP) is 3.43. The van der Waals surface area contributed by atoms with Crippen molar-refractivity contribution in [1.82, 2.24) is 19.9 Å². The molecule has 2 unspecified atom stereocenters. The van der Waals surface area contributed by atoms with Crippen molar-refractivity contribution in [3.05, 3.63) is 47.7 Å². The molecule has 0 bridgehead atoms. The monoisotopic (exact) mass is 364 g/mol. The number of hydrogen-bond acceptors (Lipinski definition) is 5. The van der Waals surface area contributed by atoms with E-state index in [-0.39, 0.29) is 6.04 Å². The summed E-state index contributed by atoms with van der Waals surface area (Å²) in [5.74, 6) is 0.818. The molecule has 2 heterocycles. The average molecular weight is 364 g/mol. The number of pyridine rings is 1. The highest BCUT2D eigenvalue weighted by atomic mass is 19.1. The van der Waals surface area contributed by atoms with Crippen LogP contribution in [-0.2, 0) is 6.54 Å². The maximum absolute atomic E-state index is 14.0. The number of nitrogens with two attached hydrogens (primary N) is 1. The van der Waals surface area contributed by atoms with Gasteiger partial charge in [-0.3, -0.25) is 4.98 Å². The molecule has 0 spiro atoms. The Labute approximate surface area is 156 Å². The highest BCUT2D eigenvalue weighted by Gasteiger charge is 2.29. The summed E-state index contributed by atoms with van der Waals surface area (Å²) in [6.45, 7) is 2.29. The number of nitriles is 1. The van der Waals surface area contributed by atoms with Gasteiger partial charge in [0.15, 0.2) is 0 Å². The van der Waals surface area contributed by atoms with Crippen LogP contribution in [0.1, 0.15) is 43.6 Å². The first-order valence-electron chi connectivity index (χ1n) is 9.06. The summed E-state index contributed by atoms with van der Waals surface area (Å²) < 4.78 is 16.1. The number of benzene rings is 1. The molecule has 27 heavy (non-hydrogen) atoms. The molecule has 1 saturated carbocycles. The third kappa shape index (κ3) is 3.19. The molecule has 1 aliphatic rings. The Morgan fingerprint density at radius 1 is 1.44 bits per heavy atom. The third-order valence-corrected chi connectivity index (χ3v) is 5.01. The van der Waals surface area contributed by atoms with Gasteiger partial charge in [0.05, 0.1) is 35.4 Å². The molecule has 3 aromatic rings. The Bertz CT molecular complexity index is 1070. The van der Waals surface area contributed by atoms with Crippen LogP contribution in [0, 0.1) is 11.3 Å². The van der Waals surface area contributed by atoms with Gasteiger partial charge >= 0.3 is 0 Å². The molecule has 0 amide bonds. The SMILES string of the molecule is C/C(N)=C/NCc1nc2cnc3ccc(C#N)cc3c2n1C1CCC(F)C1. The Kier molecular flexibility index (Phi) is 4.40. The Morgan fingerprint density at radius 3 is 3.00 bits per heavy atom. The van der Waals surface area contributed by atoms with Crippen LogP contribution in [0.25, 0.3) is 21.9 Å². The van der Waals surface area contributed by atoms with Gasteiger partial charge in [0.25, 0.3) is 0 Å². The number of halogens is 1. The van der Waals surface area contributed by atoms with Gasteiger partial charge in [-0.15, -0.1) is 0 Å². The zero-order chi connectivity index (χ0) is 19.0. The lowest BCUT2D eigenvalue weighted by atomic mass is 10.1. The van der Waals surface area contributed by atoms with Crippen molar-refractivity contribution in [2.75, 3.05) is 0 Å². The van der Waals surface area contributed by atoms with Crippen molar-refractivity contribution in [2.45, 2.75) is 44.9 Å². The predicted molar refractivity (Wildman–Crippen MR) is 102 cm³/mol. The van der Waals surface area contributed by atoms with Crippen molar-refractivity contribution in [3.8, 4) is 6.07 Å². The Hall–Kier alpha value is -3.14. The van der Waals surface area contributed by atoms with Gasteiger partial charge in [0.2, 0.25) is 0 Å². The first kappa shape index (κ1) is 17.3. The fourth-order valence-corrected chi connectivity index (χ4v) is 3.85. The topological polar surface area (TPSA) is 92.6 Å². The minimum absolute atomic E-state index is 0.0427. The number of allylic oxidation sites excluding steroid dienone is 1. The van der Waals surface area contributed by atoms with Crippen molar-refractivity contribution in [1.29, 1.82) is 5.26 Å². The van der Waals surface area contributed by atoms with Crippen LogP contribution in [0.5, 0.6) is 0 Å². The maximum Gasteiger partial charge on any atom is 0.129 e. The lowest BCUT2D eigenvalue weighted by Crippen LogP contribution is -2.16. The van der Waals surface area contributed by atoms with E-state index in [2.05, 4.69) is 20.9 Å². The van der Waals surface area contributed by atoms with Gasteiger partial charge in [-0.25, -0.2) is 9.37 Å². The van der Waals surface area contributed by atoms with E-state index in [1.807, 2.05) is 19.1 Å². The average Bonchev–Trinajstić information content (AvgIpc) is 3.24. The summed E-state index contributed by atoms with van der Waals surface area (Å²) in [7, 11) is 0. The summed E-state index contributed by atoms with van der Waals surface area (Å²) in [6.07, 6.45) is 4.50. The zero-order valence-corrected chi connectivity index (χ0v) is 15.1. The molecule has 1 aromatic carbocycles. The van der Waals surface area contributed by atoms with Crippen molar-refractivity contribution in [3.63, 3.8) is 0 Å². The maximum atomic E-state index is 14.0. The largest absolute Gasteiger partial charge is 0.401 e. The first-order valence-corrected chi connectivity index (χ1v) is 9.06. The van der Waals surface area contributed by atoms with Gasteiger partial charge in [-0.2, -0.15) is 5.26 Å². The Balaban J connectivity index is 1.92. The van der Waals surface area contributed by atoms with Crippen molar-refractivity contribution < 1.29 is 4.39 Å². The molecular formula is C20H21FN6. The van der Waals surface area contributed by atoms with Crippen LogP contribution in [0.4, 0.5) is 4.39 Å². The van der Waals surface area contributed by atoms with E-state index in [4.69, 9.17) is 10.7 Å². The second kappa shape index (κ2) is 6.88. The van der Waals surface area contributed by atoms with Gasteiger partial charge in [-0.1, -0.05) is 0 Å². The number of nitrogens with one attached hydrogen (secondary N) is 1. The number of alkyl halides is 1. The van der Waals surface area contributed by atoms with Gasteiger partial charge in [0.1, 0.15) is 17.5 Å². The van der Waals surface area contributed by atoms with Crippen LogP contribution in [0.3, 0.4) is 0 Å². The molecule has 4 rings (SSSR count). The van der Waals surface area contributed by atoms with E-state index in [1.54, 1.807) is 18.5 Å². The molecule has 0 saturated heterocycles.